The quantitative estimate of drug-likeness (QED) is 0.0535. The molecule has 0 radical (unpaired) electrons. The largest absolute Gasteiger partial charge is 0.465 e. The minimum Gasteiger partial charge on any atom is -0.465 e. The fourth-order valence-corrected chi connectivity index (χ4v) is 5.50. The van der Waals surface area contributed by atoms with E-state index in [-0.39, 0.29) is 17.7 Å². The first-order valence-corrected chi connectivity index (χ1v) is 17.8. The molecule has 0 aliphatic heterocycles. The molecule has 15 heteroatoms. The third-order valence-corrected chi connectivity index (χ3v) is 8.35. The van der Waals surface area contributed by atoms with Crippen LogP contribution in [-0.2, 0) is 16.0 Å². The molecule has 6 aromatic rings. The van der Waals surface area contributed by atoms with E-state index in [1.165, 1.54) is 104 Å². The molecule has 7 N–H and O–H groups in total. The van der Waals surface area contributed by atoms with Crippen molar-refractivity contribution in [2.45, 2.75) is 32.9 Å². The van der Waals surface area contributed by atoms with Crippen molar-refractivity contribution in [1.29, 1.82) is 0 Å². The molecule has 9 nitrogen and oxygen atoms in total. The number of carbonyl (C=O) groups excluding carboxylic acids is 3. The first-order valence-electron chi connectivity index (χ1n) is 17.8. The van der Waals surface area contributed by atoms with Gasteiger partial charge in [-0.1, -0.05) is 18.2 Å². The van der Waals surface area contributed by atoms with Crippen molar-refractivity contribution >= 4 is 35.4 Å². The van der Waals surface area contributed by atoms with Crippen LogP contribution in [0.1, 0.15) is 47.1 Å². The van der Waals surface area contributed by atoms with E-state index in [2.05, 4.69) is 10.1 Å². The highest BCUT2D eigenvalue weighted by Crippen LogP contribution is 2.32. The predicted molar refractivity (Wildman–Crippen MR) is 218 cm³/mol. The number of aldehydes is 1. The minimum atomic E-state index is -0.767. The van der Waals surface area contributed by atoms with Crippen molar-refractivity contribution in [3.8, 4) is 33.4 Å². The smallest absolute Gasteiger partial charge is 0.407 e. The Labute approximate surface area is 341 Å². The van der Waals surface area contributed by atoms with E-state index < -0.39 is 52.6 Å². The average molecular weight is 831 g/mol. The molecule has 0 unspecified atom stereocenters. The highest BCUT2D eigenvalue weighted by atomic mass is 19.1. The average Bonchev–Trinajstić information content (AvgIpc) is 3.19. The monoisotopic (exact) mass is 830 g/mol. The Bertz CT molecular complexity index is 2530. The lowest BCUT2D eigenvalue weighted by atomic mass is 9.98. The zero-order chi connectivity index (χ0) is 44.3. The minimum absolute atomic E-state index is 0.0382. The summed E-state index contributed by atoms with van der Waals surface area (Å²) in [4.78, 5) is 33.5. The number of ether oxygens (including phenoxy) is 2. The second-order valence-corrected chi connectivity index (χ2v) is 13.9. The summed E-state index contributed by atoms with van der Waals surface area (Å²) in [6.45, 7) is 5.36. The van der Waals surface area contributed by atoms with Gasteiger partial charge in [-0.15, -0.1) is 0 Å². The van der Waals surface area contributed by atoms with Crippen molar-refractivity contribution in [1.82, 2.24) is 5.32 Å². The number of anilines is 3. The molecular weight excluding hydrogens is 791 g/mol. The number of nitrogens with one attached hydrogen (secondary N) is 1. The van der Waals surface area contributed by atoms with Gasteiger partial charge in [0, 0.05) is 40.3 Å². The Balaban J connectivity index is 0.000000202. The van der Waals surface area contributed by atoms with Gasteiger partial charge < -0.3 is 32.0 Å². The molecule has 0 aliphatic rings. The maximum absolute atomic E-state index is 13.8. The van der Waals surface area contributed by atoms with E-state index in [9.17, 15) is 40.7 Å². The maximum Gasteiger partial charge on any atom is 0.407 e. The van der Waals surface area contributed by atoms with Gasteiger partial charge in [0.25, 0.3) is 0 Å². The SMILES string of the molecule is CC(C)(C)OC(=O)NCc1ccc(F)cc1-c1cc(F)ccc1N.COC(=O)c1ccc(-c2cc(F)ccc2N)cc1F.Nc1ccc(F)cc1-c1ccc(C=O)c(F)c1. The molecule has 312 valence electrons. The molecule has 0 bridgehead atoms. The molecule has 0 saturated carbocycles. The number of alkyl carbamates (subject to hydrolysis) is 1. The third-order valence-electron chi connectivity index (χ3n) is 8.35. The number of hydrogen-bond acceptors (Lipinski definition) is 8. The Morgan fingerprint density at radius 2 is 1.05 bits per heavy atom. The molecule has 0 aliphatic carbocycles. The molecule has 6 rings (SSSR count). The van der Waals surface area contributed by atoms with Gasteiger partial charge >= 0.3 is 12.1 Å². The second-order valence-electron chi connectivity index (χ2n) is 13.9. The Kier molecular flexibility index (Phi) is 15.1. The maximum atomic E-state index is 13.8. The van der Waals surface area contributed by atoms with Crippen molar-refractivity contribution in [3.63, 3.8) is 0 Å². The number of rotatable bonds is 7. The number of carbonyl (C=O) groups is 3. The standard InChI is InChI=1S/C18H20F2N2O2.C14H11F2NO2.C13H9F2NO/c1-18(2,3)24-17(23)22-10-11-4-5-12(19)8-14(11)15-9-13(20)6-7-16(15)21;1-19-14(18)10-4-2-8(6-12(10)16)11-7-9(15)3-5-13(11)17;14-10-3-4-13(16)11(6-10)8-1-2-9(7-17)12(15)5-8/h4-9H,10,21H2,1-3H3,(H,22,23);2-7H,17H2,1H3;1-7H,16H2. The molecule has 0 aromatic heterocycles. The van der Waals surface area contributed by atoms with E-state index in [1.807, 2.05) is 0 Å². The number of methoxy groups -OCH3 is 1. The van der Waals surface area contributed by atoms with Crippen molar-refractivity contribution in [2.24, 2.45) is 0 Å². The van der Waals surface area contributed by atoms with Gasteiger partial charge in [-0.2, -0.15) is 0 Å². The number of benzene rings is 6. The number of halogens is 6. The van der Waals surface area contributed by atoms with Crippen molar-refractivity contribution in [2.75, 3.05) is 24.3 Å². The van der Waals surface area contributed by atoms with Gasteiger partial charge in [-0.3, -0.25) is 4.79 Å². The normalized spacial score (nSPS) is 10.6. The molecule has 0 heterocycles. The molecule has 60 heavy (non-hydrogen) atoms. The van der Waals surface area contributed by atoms with Gasteiger partial charge in [0.2, 0.25) is 0 Å². The number of amides is 1. The first-order chi connectivity index (χ1) is 28.3. The van der Waals surface area contributed by atoms with Crippen LogP contribution in [0.3, 0.4) is 0 Å². The molecule has 0 fully saturated rings. The van der Waals surface area contributed by atoms with E-state index in [1.54, 1.807) is 20.8 Å². The Hall–Kier alpha value is -7.29. The van der Waals surface area contributed by atoms with Gasteiger partial charge in [0.1, 0.15) is 40.5 Å². The number of nitrogens with two attached hydrogens (primary N) is 3. The van der Waals surface area contributed by atoms with Gasteiger partial charge in [0.05, 0.1) is 18.2 Å². The second kappa shape index (κ2) is 19.9. The summed E-state index contributed by atoms with van der Waals surface area (Å²) in [5.74, 6) is -4.04. The lowest BCUT2D eigenvalue weighted by Gasteiger charge is -2.20. The van der Waals surface area contributed by atoms with Crippen LogP contribution in [0.2, 0.25) is 0 Å². The van der Waals surface area contributed by atoms with Crippen LogP contribution < -0.4 is 22.5 Å². The summed E-state index contributed by atoms with van der Waals surface area (Å²) in [6, 6.07) is 23.5. The van der Waals surface area contributed by atoms with Crippen LogP contribution in [0.25, 0.3) is 33.4 Å². The third kappa shape index (κ3) is 12.4. The lowest BCUT2D eigenvalue weighted by molar-refractivity contribution is 0.0522. The van der Waals surface area contributed by atoms with E-state index in [4.69, 9.17) is 21.9 Å². The van der Waals surface area contributed by atoms with Crippen LogP contribution in [0.5, 0.6) is 0 Å². The predicted octanol–water partition coefficient (Wildman–Crippen LogP) is 10.3. The van der Waals surface area contributed by atoms with Gasteiger partial charge in [-0.05, 0) is 134 Å². The molecule has 1 amide bonds. The summed E-state index contributed by atoms with van der Waals surface area (Å²) in [5.41, 5.74) is 20.4. The summed E-state index contributed by atoms with van der Waals surface area (Å²) in [6.07, 6.45) is -0.168. The van der Waals surface area contributed by atoms with Crippen LogP contribution in [0.15, 0.2) is 109 Å². The first kappa shape index (κ1) is 45.4. The molecule has 0 spiro atoms. The summed E-state index contributed by atoms with van der Waals surface area (Å²) < 4.78 is 90.2. The molecular formula is C45H40F6N4O5. The zero-order valence-electron chi connectivity index (χ0n) is 32.7. The number of esters is 1. The van der Waals surface area contributed by atoms with Gasteiger partial charge in [-0.25, -0.2) is 35.9 Å². The highest BCUT2D eigenvalue weighted by Gasteiger charge is 2.18. The Morgan fingerprint density at radius 3 is 1.52 bits per heavy atom. The fraction of sp³-hybridized carbons (Fsp3) is 0.133. The highest BCUT2D eigenvalue weighted by molar-refractivity contribution is 5.91. The lowest BCUT2D eigenvalue weighted by Crippen LogP contribution is -2.32. The molecule has 0 saturated heterocycles. The fourth-order valence-electron chi connectivity index (χ4n) is 5.50. The van der Waals surface area contributed by atoms with Gasteiger partial charge in [0.15, 0.2) is 6.29 Å². The van der Waals surface area contributed by atoms with E-state index in [0.717, 1.165) is 12.1 Å². The Morgan fingerprint density at radius 1 is 0.600 bits per heavy atom. The summed E-state index contributed by atoms with van der Waals surface area (Å²) in [7, 11) is 1.17. The number of nitrogen functional groups attached to an aromatic ring is 3. The van der Waals surface area contributed by atoms with E-state index in [0.29, 0.717) is 62.3 Å². The van der Waals surface area contributed by atoms with Crippen molar-refractivity contribution < 1.29 is 50.2 Å². The van der Waals surface area contributed by atoms with Crippen LogP contribution >= 0.6 is 0 Å². The van der Waals surface area contributed by atoms with Crippen molar-refractivity contribution in [3.05, 3.63) is 161 Å². The molecule has 0 atom stereocenters. The summed E-state index contributed by atoms with van der Waals surface area (Å²) in [5, 5.41) is 2.60. The van der Waals surface area contributed by atoms with Crippen LogP contribution in [0, 0.1) is 34.9 Å². The van der Waals surface area contributed by atoms with Crippen LogP contribution in [0.4, 0.5) is 48.2 Å². The van der Waals surface area contributed by atoms with E-state index >= 15 is 0 Å². The zero-order valence-corrected chi connectivity index (χ0v) is 32.7. The number of hydrogen-bond donors (Lipinski definition) is 4. The molecule has 6 aromatic carbocycles. The topological polar surface area (TPSA) is 160 Å². The summed E-state index contributed by atoms with van der Waals surface area (Å²) >= 11 is 0. The van der Waals surface area contributed by atoms with Crippen LogP contribution in [-0.4, -0.2) is 31.1 Å².